The van der Waals surface area contributed by atoms with Gasteiger partial charge in [0.2, 0.25) is 0 Å². The summed E-state index contributed by atoms with van der Waals surface area (Å²) in [5.41, 5.74) is 0.738. The van der Waals surface area contributed by atoms with Gasteiger partial charge in [0.1, 0.15) is 0 Å². The van der Waals surface area contributed by atoms with Gasteiger partial charge in [-0.15, -0.1) is 0 Å². The van der Waals surface area contributed by atoms with Gasteiger partial charge in [-0.3, -0.25) is 0 Å². The molecular formula is C12H12Cl2N2. The second-order valence-electron chi connectivity index (χ2n) is 4.23. The molecule has 2 rings (SSSR count). The number of hydrogen-bond acceptors (Lipinski definition) is 2. The molecule has 0 unspecified atom stereocenters. The number of anilines is 1. The zero-order valence-electron chi connectivity index (χ0n) is 8.76. The Morgan fingerprint density at radius 2 is 2.06 bits per heavy atom. The molecule has 1 aliphatic carbocycles. The topological polar surface area (TPSA) is 35.8 Å². The standard InChI is InChI=1S/C12H12Cl2N2/c13-10-3-2-9(6-11(10)14)16-8-12(7-15)4-1-5-12/h2-3,6,16H,1,4-5,8H2. The Morgan fingerprint density at radius 3 is 2.56 bits per heavy atom. The maximum atomic E-state index is 9.08. The first-order valence-electron chi connectivity index (χ1n) is 5.25. The maximum Gasteiger partial charge on any atom is 0.0746 e. The van der Waals surface area contributed by atoms with Gasteiger partial charge in [-0.05, 0) is 31.0 Å². The van der Waals surface area contributed by atoms with Crippen LogP contribution in [0.2, 0.25) is 10.0 Å². The van der Waals surface area contributed by atoms with Gasteiger partial charge >= 0.3 is 0 Å². The minimum absolute atomic E-state index is 0.174. The van der Waals surface area contributed by atoms with Gasteiger partial charge in [-0.1, -0.05) is 29.6 Å². The van der Waals surface area contributed by atoms with Crippen molar-refractivity contribution in [3.63, 3.8) is 0 Å². The van der Waals surface area contributed by atoms with E-state index in [0.29, 0.717) is 16.6 Å². The van der Waals surface area contributed by atoms with Gasteiger partial charge in [0.25, 0.3) is 0 Å². The molecule has 4 heteroatoms. The quantitative estimate of drug-likeness (QED) is 0.882. The molecule has 16 heavy (non-hydrogen) atoms. The minimum Gasteiger partial charge on any atom is -0.383 e. The van der Waals surface area contributed by atoms with Crippen LogP contribution in [0.4, 0.5) is 5.69 Å². The van der Waals surface area contributed by atoms with E-state index in [2.05, 4.69) is 11.4 Å². The van der Waals surface area contributed by atoms with Gasteiger partial charge in [0.15, 0.2) is 0 Å². The van der Waals surface area contributed by atoms with Gasteiger partial charge in [0.05, 0.1) is 21.5 Å². The van der Waals surface area contributed by atoms with Crippen molar-refractivity contribution in [1.82, 2.24) is 0 Å². The number of nitrogens with zero attached hydrogens (tertiary/aromatic N) is 1. The highest BCUT2D eigenvalue weighted by atomic mass is 35.5. The fraction of sp³-hybridized carbons (Fsp3) is 0.417. The van der Waals surface area contributed by atoms with E-state index in [1.54, 1.807) is 12.1 Å². The first kappa shape index (κ1) is 11.6. The van der Waals surface area contributed by atoms with Gasteiger partial charge < -0.3 is 5.32 Å². The van der Waals surface area contributed by atoms with Crippen LogP contribution in [0.15, 0.2) is 18.2 Å². The number of benzene rings is 1. The average molecular weight is 255 g/mol. The summed E-state index contributed by atoms with van der Waals surface area (Å²) in [5.74, 6) is 0. The van der Waals surface area contributed by atoms with Crippen LogP contribution in [0, 0.1) is 16.7 Å². The normalized spacial score (nSPS) is 17.3. The van der Waals surface area contributed by atoms with Crippen molar-refractivity contribution < 1.29 is 0 Å². The third-order valence-electron chi connectivity index (χ3n) is 3.10. The van der Waals surface area contributed by atoms with E-state index in [9.17, 15) is 0 Å². The molecule has 0 aliphatic heterocycles. The molecule has 1 N–H and O–H groups in total. The van der Waals surface area contributed by atoms with Crippen molar-refractivity contribution >= 4 is 28.9 Å². The molecule has 1 saturated carbocycles. The van der Waals surface area contributed by atoms with Crippen molar-refractivity contribution in [3.05, 3.63) is 28.2 Å². The van der Waals surface area contributed by atoms with Crippen molar-refractivity contribution in [3.8, 4) is 6.07 Å². The van der Waals surface area contributed by atoms with Crippen LogP contribution in [-0.2, 0) is 0 Å². The number of nitriles is 1. The average Bonchev–Trinajstić information content (AvgIpc) is 2.22. The second kappa shape index (κ2) is 4.53. The van der Waals surface area contributed by atoms with Crippen molar-refractivity contribution in [2.75, 3.05) is 11.9 Å². The Bertz CT molecular complexity index is 433. The summed E-state index contributed by atoms with van der Waals surface area (Å²) in [5, 5.41) is 13.4. The summed E-state index contributed by atoms with van der Waals surface area (Å²) in [4.78, 5) is 0. The summed E-state index contributed by atoms with van der Waals surface area (Å²) >= 11 is 11.7. The molecule has 0 amide bonds. The van der Waals surface area contributed by atoms with Crippen LogP contribution >= 0.6 is 23.2 Å². The lowest BCUT2D eigenvalue weighted by atomic mass is 9.70. The van der Waals surface area contributed by atoms with Crippen molar-refractivity contribution in [1.29, 1.82) is 5.26 Å². The Labute approximate surface area is 105 Å². The van der Waals surface area contributed by atoms with Gasteiger partial charge in [-0.25, -0.2) is 0 Å². The summed E-state index contributed by atoms with van der Waals surface area (Å²) in [6.07, 6.45) is 3.12. The first-order chi connectivity index (χ1) is 7.65. The van der Waals surface area contributed by atoms with E-state index in [1.165, 1.54) is 0 Å². The molecule has 1 aliphatic rings. The van der Waals surface area contributed by atoms with Crippen LogP contribution in [0.5, 0.6) is 0 Å². The highest BCUT2D eigenvalue weighted by molar-refractivity contribution is 6.42. The lowest BCUT2D eigenvalue weighted by molar-refractivity contribution is 0.233. The Morgan fingerprint density at radius 1 is 1.31 bits per heavy atom. The summed E-state index contributed by atoms with van der Waals surface area (Å²) < 4.78 is 0. The number of hydrogen-bond donors (Lipinski definition) is 1. The van der Waals surface area contributed by atoms with Gasteiger partial charge in [-0.2, -0.15) is 5.26 Å². The van der Waals surface area contributed by atoms with E-state index in [1.807, 2.05) is 6.07 Å². The first-order valence-corrected chi connectivity index (χ1v) is 6.01. The molecule has 0 saturated heterocycles. The molecule has 0 atom stereocenters. The summed E-state index contributed by atoms with van der Waals surface area (Å²) in [7, 11) is 0. The summed E-state index contributed by atoms with van der Waals surface area (Å²) in [6.45, 7) is 0.682. The predicted molar refractivity (Wildman–Crippen MR) is 66.8 cm³/mol. The molecular weight excluding hydrogens is 243 g/mol. The van der Waals surface area contributed by atoms with Crippen LogP contribution in [0.3, 0.4) is 0 Å². The number of nitrogens with one attached hydrogen (secondary N) is 1. The third kappa shape index (κ3) is 2.26. The maximum absolute atomic E-state index is 9.08. The molecule has 0 aromatic heterocycles. The zero-order chi connectivity index (χ0) is 11.6. The van der Waals surface area contributed by atoms with E-state index in [4.69, 9.17) is 28.5 Å². The molecule has 84 valence electrons. The van der Waals surface area contributed by atoms with Crippen molar-refractivity contribution in [2.24, 2.45) is 5.41 Å². The van der Waals surface area contributed by atoms with E-state index >= 15 is 0 Å². The molecule has 1 aromatic carbocycles. The van der Waals surface area contributed by atoms with Crippen LogP contribution in [0.25, 0.3) is 0 Å². The number of rotatable bonds is 3. The van der Waals surface area contributed by atoms with Crippen molar-refractivity contribution in [2.45, 2.75) is 19.3 Å². The molecule has 1 fully saturated rings. The van der Waals surface area contributed by atoms with E-state index in [0.717, 1.165) is 24.9 Å². The fourth-order valence-electron chi connectivity index (χ4n) is 1.81. The SMILES string of the molecule is N#CC1(CNc2ccc(Cl)c(Cl)c2)CCC1. The Balaban J connectivity index is 2.00. The fourth-order valence-corrected chi connectivity index (χ4v) is 2.11. The minimum atomic E-state index is -0.174. The van der Waals surface area contributed by atoms with E-state index < -0.39 is 0 Å². The highest BCUT2D eigenvalue weighted by Gasteiger charge is 2.36. The molecule has 0 heterocycles. The van der Waals surface area contributed by atoms with Crippen LogP contribution in [-0.4, -0.2) is 6.54 Å². The Hall–Kier alpha value is -0.910. The smallest absolute Gasteiger partial charge is 0.0746 e. The molecule has 0 radical (unpaired) electrons. The zero-order valence-corrected chi connectivity index (χ0v) is 10.3. The lowest BCUT2D eigenvalue weighted by Crippen LogP contribution is -2.34. The lowest BCUT2D eigenvalue weighted by Gasteiger charge is -2.35. The van der Waals surface area contributed by atoms with Crippen LogP contribution in [0.1, 0.15) is 19.3 Å². The molecule has 0 spiro atoms. The predicted octanol–water partition coefficient (Wildman–Crippen LogP) is 4.10. The van der Waals surface area contributed by atoms with E-state index in [-0.39, 0.29) is 5.41 Å². The number of halogens is 2. The second-order valence-corrected chi connectivity index (χ2v) is 5.04. The third-order valence-corrected chi connectivity index (χ3v) is 3.84. The molecule has 0 bridgehead atoms. The summed E-state index contributed by atoms with van der Waals surface area (Å²) in [6, 6.07) is 7.80. The Kier molecular flexibility index (Phi) is 3.28. The molecule has 1 aromatic rings. The largest absolute Gasteiger partial charge is 0.383 e. The van der Waals surface area contributed by atoms with Gasteiger partial charge in [0, 0.05) is 12.2 Å². The van der Waals surface area contributed by atoms with Crippen LogP contribution < -0.4 is 5.32 Å². The monoisotopic (exact) mass is 254 g/mol. The highest BCUT2D eigenvalue weighted by Crippen LogP contribution is 2.40. The molecule has 2 nitrogen and oxygen atoms in total.